The second kappa shape index (κ2) is 9.83. The number of benzene rings is 2. The average Bonchev–Trinajstić information content (AvgIpc) is 3.04. The highest BCUT2D eigenvalue weighted by molar-refractivity contribution is 7.80. The molecule has 0 aliphatic carbocycles. The molecule has 1 aliphatic rings. The van der Waals surface area contributed by atoms with Crippen molar-refractivity contribution in [3.05, 3.63) is 59.3 Å². The Morgan fingerprint density at radius 2 is 1.71 bits per heavy atom. The Labute approximate surface area is 188 Å². The molecule has 1 heterocycles. The van der Waals surface area contributed by atoms with Gasteiger partial charge in [-0.05, 0) is 47.5 Å². The van der Waals surface area contributed by atoms with Gasteiger partial charge in [0.15, 0.2) is 16.6 Å². The van der Waals surface area contributed by atoms with E-state index in [-0.39, 0.29) is 16.4 Å². The lowest BCUT2D eigenvalue weighted by Gasteiger charge is -2.19. The van der Waals surface area contributed by atoms with Crippen LogP contribution in [-0.4, -0.2) is 31.3 Å². The van der Waals surface area contributed by atoms with Crippen molar-refractivity contribution >= 4 is 29.3 Å². The molecule has 2 aromatic rings. The number of rotatable bonds is 8. The number of carbonyl (C=O) groups is 1. The highest BCUT2D eigenvalue weighted by atomic mass is 32.1. The van der Waals surface area contributed by atoms with E-state index in [2.05, 4.69) is 43.5 Å². The smallest absolute Gasteiger partial charge is 0.273 e. The van der Waals surface area contributed by atoms with Gasteiger partial charge in [0.05, 0.1) is 20.3 Å². The summed E-state index contributed by atoms with van der Waals surface area (Å²) >= 11 is 4.98. The molecule has 1 aliphatic heterocycles. The summed E-state index contributed by atoms with van der Waals surface area (Å²) in [5.74, 6) is 1.73. The van der Waals surface area contributed by atoms with Crippen molar-refractivity contribution in [2.75, 3.05) is 20.3 Å². The van der Waals surface area contributed by atoms with E-state index in [9.17, 15) is 4.79 Å². The maximum atomic E-state index is 11.9. The lowest BCUT2D eigenvalue weighted by molar-refractivity contribution is -0.115. The Balaban J connectivity index is 1.58. The van der Waals surface area contributed by atoms with E-state index >= 15 is 0 Å². The molecule has 2 N–H and O–H groups in total. The van der Waals surface area contributed by atoms with Crippen molar-refractivity contribution in [1.29, 1.82) is 0 Å². The minimum Gasteiger partial charge on any atom is -0.493 e. The number of amides is 1. The third-order valence-electron chi connectivity index (χ3n) is 4.77. The molecule has 1 amide bonds. The summed E-state index contributed by atoms with van der Waals surface area (Å²) in [5, 5.41) is 5.67. The fourth-order valence-electron chi connectivity index (χ4n) is 3.07. The van der Waals surface area contributed by atoms with Gasteiger partial charge in [0.2, 0.25) is 0 Å². The van der Waals surface area contributed by atoms with Crippen LogP contribution < -0.4 is 24.8 Å². The van der Waals surface area contributed by atoms with Crippen LogP contribution in [0.3, 0.4) is 0 Å². The van der Waals surface area contributed by atoms with Crippen molar-refractivity contribution in [3.8, 4) is 17.2 Å². The molecular formula is C24H28N2O4S. The minimum atomic E-state index is -0.273. The monoisotopic (exact) mass is 440 g/mol. The number of thiocarbonyl (C=S) groups is 1. The third kappa shape index (κ3) is 5.98. The molecule has 2 aromatic carbocycles. The zero-order chi connectivity index (χ0) is 22.4. The number of hydrogen-bond donors (Lipinski definition) is 2. The van der Waals surface area contributed by atoms with Gasteiger partial charge in [-0.25, -0.2) is 0 Å². The molecule has 7 heteroatoms. The number of nitrogens with one attached hydrogen (secondary N) is 2. The highest BCUT2D eigenvalue weighted by Crippen LogP contribution is 2.33. The maximum Gasteiger partial charge on any atom is 0.273 e. The summed E-state index contributed by atoms with van der Waals surface area (Å²) < 4.78 is 17.3. The molecule has 6 nitrogen and oxygen atoms in total. The largest absolute Gasteiger partial charge is 0.493 e. The summed E-state index contributed by atoms with van der Waals surface area (Å²) in [7, 11) is 1.58. The molecular weight excluding hydrogens is 412 g/mol. The van der Waals surface area contributed by atoms with Crippen molar-refractivity contribution in [1.82, 2.24) is 10.6 Å². The van der Waals surface area contributed by atoms with Crippen LogP contribution in [0.15, 0.2) is 48.2 Å². The molecule has 31 heavy (non-hydrogen) atoms. The van der Waals surface area contributed by atoms with Gasteiger partial charge in [-0.2, -0.15) is 0 Å². The Bertz CT molecular complexity index is 978. The molecule has 0 unspecified atom stereocenters. The van der Waals surface area contributed by atoms with Gasteiger partial charge < -0.3 is 19.5 Å². The number of carbonyl (C=O) groups excluding carboxylic acids is 1. The zero-order valence-electron chi connectivity index (χ0n) is 18.3. The van der Waals surface area contributed by atoms with Crippen molar-refractivity contribution < 1.29 is 19.0 Å². The van der Waals surface area contributed by atoms with Crippen LogP contribution in [0.2, 0.25) is 0 Å². The average molecular weight is 441 g/mol. The van der Waals surface area contributed by atoms with Crippen molar-refractivity contribution in [2.45, 2.75) is 32.6 Å². The molecule has 0 radical (unpaired) electrons. The first-order chi connectivity index (χ1) is 14.8. The van der Waals surface area contributed by atoms with Crippen LogP contribution in [-0.2, 0) is 10.2 Å². The molecule has 1 saturated heterocycles. The molecule has 0 bridgehead atoms. The quantitative estimate of drug-likeness (QED) is 0.365. The molecule has 1 fully saturated rings. The Morgan fingerprint density at radius 1 is 1.00 bits per heavy atom. The minimum absolute atomic E-state index is 0.119. The first-order valence-corrected chi connectivity index (χ1v) is 10.6. The summed E-state index contributed by atoms with van der Waals surface area (Å²) in [4.78, 5) is 11.9. The fourth-order valence-corrected chi connectivity index (χ4v) is 3.28. The first-order valence-electron chi connectivity index (χ1n) is 10.1. The van der Waals surface area contributed by atoms with Crippen molar-refractivity contribution in [2.24, 2.45) is 0 Å². The fraction of sp³-hybridized carbons (Fsp3) is 0.333. The predicted octanol–water partition coefficient (Wildman–Crippen LogP) is 4.19. The highest BCUT2D eigenvalue weighted by Gasteiger charge is 2.21. The van der Waals surface area contributed by atoms with Crippen LogP contribution in [0.4, 0.5) is 0 Å². The third-order valence-corrected chi connectivity index (χ3v) is 4.98. The Kier molecular flexibility index (Phi) is 7.17. The van der Waals surface area contributed by atoms with E-state index in [0.717, 1.165) is 11.3 Å². The number of ether oxygens (including phenoxy) is 3. The Hall–Kier alpha value is -3.06. The topological polar surface area (TPSA) is 68.8 Å². The molecule has 0 spiro atoms. The normalized spacial score (nSPS) is 14.9. The second-order valence-corrected chi connectivity index (χ2v) is 8.58. The lowest BCUT2D eigenvalue weighted by atomic mass is 9.87. The number of para-hydroxylation sites is 1. The SMILES string of the molecule is COc1cccc(C=C2NC(=S)NC2=O)c1OCCCOc1ccc(C(C)(C)C)cc1. The zero-order valence-corrected chi connectivity index (χ0v) is 19.1. The van der Waals surface area contributed by atoms with E-state index in [0.29, 0.717) is 36.8 Å². The number of hydrogen-bond acceptors (Lipinski definition) is 5. The van der Waals surface area contributed by atoms with Crippen LogP contribution in [0.1, 0.15) is 38.3 Å². The standard InChI is InChI=1S/C24H28N2O4S/c1-24(2,3)17-9-11-18(12-10-17)29-13-6-14-30-21-16(7-5-8-20(21)28-4)15-19-22(27)26-23(31)25-19/h5,7-12,15H,6,13-14H2,1-4H3,(H2,25,26,27,31). The second-order valence-electron chi connectivity index (χ2n) is 8.17. The molecule has 0 atom stereocenters. The summed E-state index contributed by atoms with van der Waals surface area (Å²) in [6, 6.07) is 13.7. The van der Waals surface area contributed by atoms with Gasteiger partial charge in [0.25, 0.3) is 5.91 Å². The lowest BCUT2D eigenvalue weighted by Crippen LogP contribution is -2.21. The van der Waals surface area contributed by atoms with E-state index in [1.807, 2.05) is 30.3 Å². The molecule has 164 valence electrons. The van der Waals surface area contributed by atoms with E-state index in [1.165, 1.54) is 5.56 Å². The van der Waals surface area contributed by atoms with E-state index in [1.54, 1.807) is 13.2 Å². The van der Waals surface area contributed by atoms with Gasteiger partial charge in [0.1, 0.15) is 11.4 Å². The summed E-state index contributed by atoms with van der Waals surface area (Å²) in [6.07, 6.45) is 2.39. The van der Waals surface area contributed by atoms with Crippen LogP contribution in [0.5, 0.6) is 17.2 Å². The van der Waals surface area contributed by atoms with Crippen LogP contribution >= 0.6 is 12.2 Å². The predicted molar refractivity (Wildman–Crippen MR) is 126 cm³/mol. The first kappa shape index (κ1) is 22.6. The van der Waals surface area contributed by atoms with Crippen LogP contribution in [0.25, 0.3) is 6.08 Å². The van der Waals surface area contributed by atoms with E-state index in [4.69, 9.17) is 26.4 Å². The Morgan fingerprint density at radius 3 is 2.32 bits per heavy atom. The van der Waals surface area contributed by atoms with Gasteiger partial charge >= 0.3 is 0 Å². The van der Waals surface area contributed by atoms with Crippen LogP contribution in [0, 0.1) is 0 Å². The van der Waals surface area contributed by atoms with Crippen molar-refractivity contribution in [3.63, 3.8) is 0 Å². The van der Waals surface area contributed by atoms with Gasteiger partial charge in [-0.1, -0.05) is 45.0 Å². The molecule has 3 rings (SSSR count). The van der Waals surface area contributed by atoms with Gasteiger partial charge in [0, 0.05) is 12.0 Å². The maximum absolute atomic E-state index is 11.9. The summed E-state index contributed by atoms with van der Waals surface area (Å²) in [5.41, 5.74) is 2.48. The van der Waals surface area contributed by atoms with Gasteiger partial charge in [-0.3, -0.25) is 10.1 Å². The summed E-state index contributed by atoms with van der Waals surface area (Å²) in [6.45, 7) is 7.52. The molecule has 0 saturated carbocycles. The number of methoxy groups -OCH3 is 1. The van der Waals surface area contributed by atoms with E-state index < -0.39 is 0 Å². The van der Waals surface area contributed by atoms with Gasteiger partial charge in [-0.15, -0.1) is 0 Å². The molecule has 0 aromatic heterocycles.